The maximum absolute atomic E-state index is 12.8. The highest BCUT2D eigenvalue weighted by Crippen LogP contribution is 2.34. The van der Waals surface area contributed by atoms with Crippen molar-refractivity contribution in [3.63, 3.8) is 0 Å². The van der Waals surface area contributed by atoms with E-state index in [2.05, 4.69) is 10.3 Å². The SMILES string of the molecule is Cc1cccc(C(=O)N2C[C@H]3[C@H](CNc4ccccn4)CO[C@H]3C2)c1. The van der Waals surface area contributed by atoms with E-state index in [-0.39, 0.29) is 12.0 Å². The van der Waals surface area contributed by atoms with Gasteiger partial charge < -0.3 is 15.0 Å². The smallest absolute Gasteiger partial charge is 0.253 e. The van der Waals surface area contributed by atoms with Crippen LogP contribution in [0.1, 0.15) is 15.9 Å². The van der Waals surface area contributed by atoms with Crippen molar-refractivity contribution in [1.82, 2.24) is 9.88 Å². The van der Waals surface area contributed by atoms with Gasteiger partial charge in [-0.2, -0.15) is 0 Å². The summed E-state index contributed by atoms with van der Waals surface area (Å²) in [5.74, 6) is 1.79. The Hall–Kier alpha value is -2.40. The van der Waals surface area contributed by atoms with Crippen LogP contribution in [0.3, 0.4) is 0 Å². The Kier molecular flexibility index (Phi) is 4.40. The van der Waals surface area contributed by atoms with E-state index in [0.29, 0.717) is 18.4 Å². The fourth-order valence-corrected chi connectivity index (χ4v) is 3.84. The van der Waals surface area contributed by atoms with Crippen molar-refractivity contribution >= 4 is 11.7 Å². The molecule has 3 heterocycles. The van der Waals surface area contributed by atoms with Gasteiger partial charge in [0.15, 0.2) is 0 Å². The van der Waals surface area contributed by atoms with Crippen LogP contribution in [0.25, 0.3) is 0 Å². The molecule has 2 saturated heterocycles. The Balaban J connectivity index is 1.38. The predicted molar refractivity (Wildman–Crippen MR) is 96.5 cm³/mol. The number of benzene rings is 1. The average Bonchev–Trinajstić information content (AvgIpc) is 3.21. The molecule has 0 radical (unpaired) electrons. The average molecular weight is 337 g/mol. The molecule has 1 aromatic heterocycles. The second kappa shape index (κ2) is 6.84. The van der Waals surface area contributed by atoms with Crippen LogP contribution in [-0.2, 0) is 4.74 Å². The zero-order chi connectivity index (χ0) is 17.2. The Labute approximate surface area is 148 Å². The van der Waals surface area contributed by atoms with Crippen molar-refractivity contribution in [1.29, 1.82) is 0 Å². The van der Waals surface area contributed by atoms with Gasteiger partial charge in [0.05, 0.1) is 12.7 Å². The highest BCUT2D eigenvalue weighted by molar-refractivity contribution is 5.94. The van der Waals surface area contributed by atoms with E-state index in [1.54, 1.807) is 6.20 Å². The van der Waals surface area contributed by atoms with Crippen molar-refractivity contribution in [3.8, 4) is 0 Å². The second-order valence-corrected chi connectivity index (χ2v) is 6.97. The zero-order valence-electron chi connectivity index (χ0n) is 14.4. The molecule has 2 aliphatic rings. The molecule has 2 aromatic rings. The fourth-order valence-electron chi connectivity index (χ4n) is 3.84. The zero-order valence-corrected chi connectivity index (χ0v) is 14.4. The number of ether oxygens (including phenoxy) is 1. The molecule has 0 unspecified atom stereocenters. The first-order valence-electron chi connectivity index (χ1n) is 8.83. The molecule has 4 rings (SSSR count). The summed E-state index contributed by atoms with van der Waals surface area (Å²) in [6.07, 6.45) is 1.94. The molecule has 0 saturated carbocycles. The minimum atomic E-state index is 0.109. The van der Waals surface area contributed by atoms with Crippen LogP contribution in [0.2, 0.25) is 0 Å². The van der Waals surface area contributed by atoms with Crippen molar-refractivity contribution in [2.75, 3.05) is 31.6 Å². The first kappa shape index (κ1) is 16.1. The van der Waals surface area contributed by atoms with Crippen molar-refractivity contribution in [2.24, 2.45) is 11.8 Å². The van der Waals surface area contributed by atoms with Crippen LogP contribution in [0.4, 0.5) is 5.82 Å². The van der Waals surface area contributed by atoms with Gasteiger partial charge in [-0.1, -0.05) is 23.8 Å². The van der Waals surface area contributed by atoms with E-state index < -0.39 is 0 Å². The number of aromatic nitrogens is 1. The Morgan fingerprint density at radius 3 is 3.00 bits per heavy atom. The topological polar surface area (TPSA) is 54.5 Å². The summed E-state index contributed by atoms with van der Waals surface area (Å²) in [7, 11) is 0. The van der Waals surface area contributed by atoms with E-state index in [1.807, 2.05) is 54.3 Å². The summed E-state index contributed by atoms with van der Waals surface area (Å²) in [5, 5.41) is 3.39. The van der Waals surface area contributed by atoms with Gasteiger partial charge >= 0.3 is 0 Å². The number of hydrogen-bond donors (Lipinski definition) is 1. The lowest BCUT2D eigenvalue weighted by molar-refractivity contribution is 0.0680. The molecule has 1 N–H and O–H groups in total. The molecule has 25 heavy (non-hydrogen) atoms. The number of anilines is 1. The van der Waals surface area contributed by atoms with Crippen LogP contribution in [0.15, 0.2) is 48.7 Å². The lowest BCUT2D eigenvalue weighted by atomic mass is 9.93. The van der Waals surface area contributed by atoms with Crippen LogP contribution in [0, 0.1) is 18.8 Å². The van der Waals surface area contributed by atoms with Gasteiger partial charge in [0.1, 0.15) is 5.82 Å². The van der Waals surface area contributed by atoms with Gasteiger partial charge in [-0.15, -0.1) is 0 Å². The second-order valence-electron chi connectivity index (χ2n) is 6.97. The van der Waals surface area contributed by atoms with E-state index in [1.165, 1.54) is 0 Å². The summed E-state index contributed by atoms with van der Waals surface area (Å²) >= 11 is 0. The number of rotatable bonds is 4. The molecule has 5 heteroatoms. The highest BCUT2D eigenvalue weighted by atomic mass is 16.5. The first-order chi connectivity index (χ1) is 12.2. The number of carbonyl (C=O) groups excluding carboxylic acids is 1. The minimum absolute atomic E-state index is 0.109. The molecule has 3 atom stereocenters. The number of pyridine rings is 1. The van der Waals surface area contributed by atoms with Gasteiger partial charge in [0, 0.05) is 43.2 Å². The molecule has 1 aromatic carbocycles. The summed E-state index contributed by atoms with van der Waals surface area (Å²) in [6, 6.07) is 13.7. The van der Waals surface area contributed by atoms with Gasteiger partial charge in [-0.05, 0) is 31.2 Å². The lowest BCUT2D eigenvalue weighted by Gasteiger charge is -2.20. The molecular weight excluding hydrogens is 314 g/mol. The third-order valence-corrected chi connectivity index (χ3v) is 5.20. The number of carbonyl (C=O) groups is 1. The molecular formula is C20H23N3O2. The maximum atomic E-state index is 12.8. The van der Waals surface area contributed by atoms with Crippen LogP contribution >= 0.6 is 0 Å². The van der Waals surface area contributed by atoms with Gasteiger partial charge in [0.2, 0.25) is 0 Å². The molecule has 130 valence electrons. The first-order valence-corrected chi connectivity index (χ1v) is 8.83. The van der Waals surface area contributed by atoms with E-state index in [9.17, 15) is 4.79 Å². The van der Waals surface area contributed by atoms with Crippen molar-refractivity contribution in [2.45, 2.75) is 13.0 Å². The summed E-state index contributed by atoms with van der Waals surface area (Å²) in [4.78, 5) is 19.0. The molecule has 0 aliphatic carbocycles. The van der Waals surface area contributed by atoms with Crippen LogP contribution in [0.5, 0.6) is 0 Å². The highest BCUT2D eigenvalue weighted by Gasteiger charge is 2.45. The lowest BCUT2D eigenvalue weighted by Crippen LogP contribution is -2.32. The van der Waals surface area contributed by atoms with Gasteiger partial charge in [-0.3, -0.25) is 4.79 Å². The van der Waals surface area contributed by atoms with Crippen molar-refractivity contribution in [3.05, 3.63) is 59.8 Å². The molecule has 0 bridgehead atoms. The number of nitrogens with one attached hydrogen (secondary N) is 1. The van der Waals surface area contributed by atoms with E-state index in [0.717, 1.165) is 36.6 Å². The number of hydrogen-bond acceptors (Lipinski definition) is 4. The van der Waals surface area contributed by atoms with Crippen LogP contribution < -0.4 is 5.32 Å². The van der Waals surface area contributed by atoms with Gasteiger partial charge in [-0.25, -0.2) is 4.98 Å². The number of aryl methyl sites for hydroxylation is 1. The third kappa shape index (κ3) is 3.37. The van der Waals surface area contributed by atoms with Gasteiger partial charge in [0.25, 0.3) is 5.91 Å². The quantitative estimate of drug-likeness (QED) is 0.932. The molecule has 5 nitrogen and oxygen atoms in total. The van der Waals surface area contributed by atoms with E-state index in [4.69, 9.17) is 4.74 Å². The Morgan fingerprint density at radius 1 is 1.28 bits per heavy atom. The number of amides is 1. The van der Waals surface area contributed by atoms with Crippen molar-refractivity contribution < 1.29 is 9.53 Å². The molecule has 2 fully saturated rings. The maximum Gasteiger partial charge on any atom is 0.253 e. The summed E-state index contributed by atoms with van der Waals surface area (Å²) < 4.78 is 5.96. The number of likely N-dealkylation sites (tertiary alicyclic amines) is 1. The third-order valence-electron chi connectivity index (χ3n) is 5.20. The standard InChI is InChI=1S/C20H23N3O2/c1-14-5-4-6-15(9-14)20(24)23-11-17-16(13-25-18(17)12-23)10-22-19-7-2-3-8-21-19/h2-9,16-18H,10-13H2,1H3,(H,21,22)/t16-,17+,18+/m1/s1. The largest absolute Gasteiger partial charge is 0.376 e. The monoisotopic (exact) mass is 337 g/mol. The Bertz CT molecular complexity index is 750. The normalized spacial score (nSPS) is 25.0. The fraction of sp³-hybridized carbons (Fsp3) is 0.400. The minimum Gasteiger partial charge on any atom is -0.376 e. The predicted octanol–water partition coefficient (Wildman–Crippen LogP) is 2.59. The number of fused-ring (bicyclic) bond motifs is 1. The summed E-state index contributed by atoms with van der Waals surface area (Å²) in [6.45, 7) is 5.05. The molecule has 0 spiro atoms. The summed E-state index contributed by atoms with van der Waals surface area (Å²) in [5.41, 5.74) is 1.88. The van der Waals surface area contributed by atoms with E-state index >= 15 is 0 Å². The van der Waals surface area contributed by atoms with Crippen LogP contribution in [-0.4, -0.2) is 48.1 Å². The molecule has 1 amide bonds. The molecule has 2 aliphatic heterocycles. The Morgan fingerprint density at radius 2 is 2.20 bits per heavy atom. The number of nitrogens with zero attached hydrogens (tertiary/aromatic N) is 2.